The number of rotatable bonds is 7. The van der Waals surface area contributed by atoms with E-state index in [1.165, 1.54) is 0 Å². The van der Waals surface area contributed by atoms with E-state index in [2.05, 4.69) is 24.7 Å². The molecule has 5 atom stereocenters. The lowest BCUT2D eigenvalue weighted by atomic mass is 9.93. The van der Waals surface area contributed by atoms with Crippen LogP contribution in [0.5, 0.6) is 6.01 Å². The summed E-state index contributed by atoms with van der Waals surface area (Å²) in [6.45, 7) is 5.16. The molecule has 0 radical (unpaired) electrons. The summed E-state index contributed by atoms with van der Waals surface area (Å²) >= 11 is 0.917. The molecule has 3 N–H and O–H groups in total. The molecule has 2 bridgehead atoms. The van der Waals surface area contributed by atoms with E-state index in [1.54, 1.807) is 6.92 Å². The van der Waals surface area contributed by atoms with Crippen molar-refractivity contribution < 1.29 is 27.8 Å². The number of β-amino-alcohol motifs (C(OH)–C–C–N with tert-alkyl or cyclic N) is 1. The average Bonchev–Trinajstić information content (AvgIpc) is 3.76. The molecule has 0 spiro atoms. The predicted octanol–water partition coefficient (Wildman–Crippen LogP) is 4.37. The fraction of sp³-hybridized carbons (Fsp3) is 0.529. The molecule has 258 valence electrons. The molecule has 7 heterocycles. The summed E-state index contributed by atoms with van der Waals surface area (Å²) in [4.78, 5) is 20.4. The fourth-order valence-corrected chi connectivity index (χ4v) is 9.18. The van der Waals surface area contributed by atoms with E-state index in [9.17, 15) is 19.1 Å². The third kappa shape index (κ3) is 5.45. The van der Waals surface area contributed by atoms with Crippen molar-refractivity contribution in [3.63, 3.8) is 0 Å². The molecule has 4 aliphatic heterocycles. The minimum absolute atomic E-state index is 0.0106. The van der Waals surface area contributed by atoms with E-state index >= 15 is 4.39 Å². The van der Waals surface area contributed by atoms with Crippen LogP contribution < -0.4 is 15.4 Å². The molecular weight excluding hydrogens is 657 g/mol. The number of nitriles is 1. The Balaban J connectivity index is 1.32. The number of piperidine rings is 1. The number of aliphatic hydroxyl groups is 1. The molecule has 15 heteroatoms. The lowest BCUT2D eigenvalue weighted by Gasteiger charge is -2.42. The number of halogens is 3. The molecule has 3 aromatic heterocycles. The number of pyridine rings is 1. The minimum atomic E-state index is -1.04. The Morgan fingerprint density at radius 1 is 1.14 bits per heavy atom. The smallest absolute Gasteiger partial charge is 0.319 e. The maximum atomic E-state index is 17.4. The topological polar surface area (TPSA) is 137 Å². The van der Waals surface area contributed by atoms with Gasteiger partial charge in [0, 0.05) is 61.7 Å². The fourth-order valence-electron chi connectivity index (χ4n) is 8.26. The van der Waals surface area contributed by atoms with Gasteiger partial charge in [0.25, 0.3) is 0 Å². The second kappa shape index (κ2) is 12.5. The van der Waals surface area contributed by atoms with Gasteiger partial charge in [-0.2, -0.15) is 15.2 Å². The number of piperazine rings is 1. The van der Waals surface area contributed by atoms with Crippen molar-refractivity contribution in [2.24, 2.45) is 5.92 Å². The van der Waals surface area contributed by atoms with Crippen molar-refractivity contribution in [2.75, 3.05) is 57.0 Å². The first-order chi connectivity index (χ1) is 23.6. The van der Waals surface area contributed by atoms with Crippen LogP contribution in [0.3, 0.4) is 0 Å². The quantitative estimate of drug-likeness (QED) is 0.286. The summed E-state index contributed by atoms with van der Waals surface area (Å²) in [5, 5.41) is 20.8. The van der Waals surface area contributed by atoms with Crippen LogP contribution in [0.25, 0.3) is 32.2 Å². The van der Waals surface area contributed by atoms with Gasteiger partial charge < -0.3 is 30.1 Å². The number of nitrogens with two attached hydrogens (primary N) is 1. The number of benzene rings is 1. The number of ether oxygens (including phenoxy) is 2. The normalized spacial score (nSPS) is 24.9. The Kier molecular flexibility index (Phi) is 8.27. The van der Waals surface area contributed by atoms with Gasteiger partial charge in [-0.1, -0.05) is 0 Å². The second-order valence-electron chi connectivity index (χ2n) is 13.8. The largest absolute Gasteiger partial charge is 0.463 e. The zero-order chi connectivity index (χ0) is 34.1. The summed E-state index contributed by atoms with van der Waals surface area (Å²) in [7, 11) is 1.94. The number of hydrogen-bond acceptors (Lipinski definition) is 12. The van der Waals surface area contributed by atoms with Crippen LogP contribution in [-0.2, 0) is 18.0 Å². The first-order valence-corrected chi connectivity index (χ1v) is 17.5. The number of aromatic nitrogens is 3. The molecule has 1 aromatic carbocycles. The summed E-state index contributed by atoms with van der Waals surface area (Å²) < 4.78 is 59.5. The first kappa shape index (κ1) is 32.4. The van der Waals surface area contributed by atoms with Crippen LogP contribution in [0.1, 0.15) is 42.9 Å². The lowest BCUT2D eigenvalue weighted by molar-refractivity contribution is 0.0664. The molecule has 2 unspecified atom stereocenters. The number of likely N-dealkylation sites (tertiary alicyclic amines) is 2. The zero-order valence-corrected chi connectivity index (χ0v) is 28.1. The molecular formula is C34H37F3N8O3S. The van der Waals surface area contributed by atoms with E-state index in [4.69, 9.17) is 20.2 Å². The number of hydrogen-bond donors (Lipinski definition) is 2. The standard InChI is InChI=1S/C34H37F3N8O3S/c1-16(46)9-44-11-18-3-4-19(12-44)45(18)33-27-22-15-47-14-21(22)25(29-26-20(7-38)32(39)49-31(26)24(36)8-40-29)28(37)30(27)41-34(42-33)48-13-17-10-43(2)6-5-23(17)35/h8,16-19,23,46H,3-6,9-15,39H2,1-2H3/t16-,17-,18?,19?,23+/m1/s1. The highest BCUT2D eigenvalue weighted by Crippen LogP contribution is 2.48. The van der Waals surface area contributed by atoms with E-state index < -0.39 is 29.8 Å². The van der Waals surface area contributed by atoms with Crippen LogP contribution in [0.15, 0.2) is 6.20 Å². The van der Waals surface area contributed by atoms with Gasteiger partial charge in [0.05, 0.1) is 53.5 Å². The van der Waals surface area contributed by atoms with Gasteiger partial charge in [-0.05, 0) is 44.4 Å². The monoisotopic (exact) mass is 694 g/mol. The predicted molar refractivity (Wildman–Crippen MR) is 179 cm³/mol. The third-order valence-electron chi connectivity index (χ3n) is 10.4. The van der Waals surface area contributed by atoms with E-state index in [0.29, 0.717) is 61.5 Å². The first-order valence-electron chi connectivity index (χ1n) is 16.7. The van der Waals surface area contributed by atoms with Gasteiger partial charge in [0.15, 0.2) is 11.6 Å². The van der Waals surface area contributed by atoms with Crippen LogP contribution >= 0.6 is 11.3 Å². The van der Waals surface area contributed by atoms with Crippen LogP contribution in [0.4, 0.5) is 24.0 Å². The van der Waals surface area contributed by atoms with E-state index in [0.717, 1.165) is 30.4 Å². The number of aliphatic hydroxyl groups excluding tert-OH is 1. The summed E-state index contributed by atoms with van der Waals surface area (Å²) in [5.41, 5.74) is 7.52. The molecule has 11 nitrogen and oxygen atoms in total. The Labute approximate surface area is 285 Å². The van der Waals surface area contributed by atoms with Crippen molar-refractivity contribution >= 4 is 43.1 Å². The Bertz CT molecular complexity index is 1990. The van der Waals surface area contributed by atoms with Gasteiger partial charge in [-0.25, -0.2) is 13.2 Å². The van der Waals surface area contributed by atoms with Crippen molar-refractivity contribution in [3.8, 4) is 23.3 Å². The number of fused-ring (bicyclic) bond motifs is 6. The average molecular weight is 695 g/mol. The molecule has 4 aliphatic rings. The van der Waals surface area contributed by atoms with Gasteiger partial charge in [0.1, 0.15) is 28.6 Å². The maximum Gasteiger partial charge on any atom is 0.319 e. The Morgan fingerprint density at radius 2 is 1.90 bits per heavy atom. The molecule has 4 aromatic rings. The summed E-state index contributed by atoms with van der Waals surface area (Å²) in [6.07, 6.45) is 1.69. The summed E-state index contributed by atoms with van der Waals surface area (Å²) in [6, 6.07) is 2.09. The highest BCUT2D eigenvalue weighted by Gasteiger charge is 2.43. The number of nitrogen functional groups attached to an aromatic ring is 1. The zero-order valence-electron chi connectivity index (χ0n) is 27.3. The summed E-state index contributed by atoms with van der Waals surface area (Å²) in [5.74, 6) is -1.25. The SMILES string of the molecule is C[C@@H](O)CN1CC2CCC(C1)N2c1nc(OC[C@H]2CN(C)CC[C@@H]2F)nc2c(F)c(-c3ncc(F)c4sc(N)c(C#N)c34)c3c(c12)COC3. The van der Waals surface area contributed by atoms with E-state index in [1.807, 2.05) is 13.1 Å². The number of nitrogens with zero attached hydrogens (tertiary/aromatic N) is 7. The Hall–Kier alpha value is -3.81. The van der Waals surface area contributed by atoms with Crippen LogP contribution in [0, 0.1) is 28.9 Å². The van der Waals surface area contributed by atoms with E-state index in [-0.39, 0.29) is 75.3 Å². The molecule has 3 saturated heterocycles. The lowest BCUT2D eigenvalue weighted by Crippen LogP contribution is -2.55. The van der Waals surface area contributed by atoms with Crippen molar-refractivity contribution in [3.05, 3.63) is 34.5 Å². The van der Waals surface area contributed by atoms with Gasteiger partial charge in [0.2, 0.25) is 0 Å². The molecule has 0 aliphatic carbocycles. The number of thiophene rings is 1. The van der Waals surface area contributed by atoms with Gasteiger partial charge in [-0.15, -0.1) is 11.3 Å². The molecule has 0 saturated carbocycles. The maximum absolute atomic E-state index is 17.4. The van der Waals surface area contributed by atoms with Gasteiger partial charge >= 0.3 is 6.01 Å². The highest BCUT2D eigenvalue weighted by atomic mass is 32.1. The molecule has 0 amide bonds. The second-order valence-corrected chi connectivity index (χ2v) is 14.9. The van der Waals surface area contributed by atoms with Gasteiger partial charge in [-0.3, -0.25) is 9.88 Å². The minimum Gasteiger partial charge on any atom is -0.463 e. The molecule has 8 rings (SSSR count). The highest BCUT2D eigenvalue weighted by molar-refractivity contribution is 7.23. The van der Waals surface area contributed by atoms with Crippen LogP contribution in [0.2, 0.25) is 0 Å². The van der Waals surface area contributed by atoms with Crippen molar-refractivity contribution in [2.45, 2.75) is 63.8 Å². The van der Waals surface area contributed by atoms with Crippen molar-refractivity contribution in [1.29, 1.82) is 5.26 Å². The van der Waals surface area contributed by atoms with Crippen LogP contribution in [-0.4, -0.2) is 101 Å². The number of alkyl halides is 1. The van der Waals surface area contributed by atoms with Crippen molar-refractivity contribution in [1.82, 2.24) is 24.8 Å². The Morgan fingerprint density at radius 3 is 2.63 bits per heavy atom. The third-order valence-corrected chi connectivity index (χ3v) is 11.4. The molecule has 49 heavy (non-hydrogen) atoms. The number of anilines is 2. The molecule has 3 fully saturated rings.